The first-order valence-electron chi connectivity index (χ1n) is 10.3. The fourth-order valence-electron chi connectivity index (χ4n) is 4.82. The van der Waals surface area contributed by atoms with Crippen molar-refractivity contribution in [3.05, 3.63) is 71.3 Å². The SMILES string of the molecule is COc1ccc(C2Nc3ccc(C(=O)N4CCOCC4)cc3C3C=CCC32)cc1. The van der Waals surface area contributed by atoms with Crippen LogP contribution in [0.15, 0.2) is 54.6 Å². The van der Waals surface area contributed by atoms with E-state index in [9.17, 15) is 4.79 Å². The van der Waals surface area contributed by atoms with Crippen molar-refractivity contribution >= 4 is 11.6 Å². The third kappa shape index (κ3) is 3.29. The Kier molecular flexibility index (Phi) is 4.76. The first-order valence-corrected chi connectivity index (χ1v) is 10.3. The van der Waals surface area contributed by atoms with Gasteiger partial charge in [0, 0.05) is 30.3 Å². The van der Waals surface area contributed by atoms with E-state index < -0.39 is 0 Å². The van der Waals surface area contributed by atoms with Crippen LogP contribution in [0.5, 0.6) is 5.75 Å². The molecule has 29 heavy (non-hydrogen) atoms. The second kappa shape index (κ2) is 7.56. The Bertz CT molecular complexity index is 932. The number of amides is 1. The van der Waals surface area contributed by atoms with E-state index in [4.69, 9.17) is 9.47 Å². The highest BCUT2D eigenvalue weighted by molar-refractivity contribution is 5.95. The number of anilines is 1. The molecular formula is C24H26N2O3. The molecule has 0 spiro atoms. The molecule has 0 radical (unpaired) electrons. The first-order chi connectivity index (χ1) is 14.2. The van der Waals surface area contributed by atoms with Gasteiger partial charge in [-0.1, -0.05) is 24.3 Å². The summed E-state index contributed by atoms with van der Waals surface area (Å²) in [4.78, 5) is 14.8. The van der Waals surface area contributed by atoms with Crippen LogP contribution >= 0.6 is 0 Å². The summed E-state index contributed by atoms with van der Waals surface area (Å²) in [7, 11) is 1.69. The van der Waals surface area contributed by atoms with Crippen LogP contribution in [-0.4, -0.2) is 44.2 Å². The number of carbonyl (C=O) groups is 1. The molecule has 2 aliphatic heterocycles. The summed E-state index contributed by atoms with van der Waals surface area (Å²) in [5, 5.41) is 3.74. The molecule has 150 valence electrons. The van der Waals surface area contributed by atoms with E-state index in [0.29, 0.717) is 38.1 Å². The number of morpholine rings is 1. The van der Waals surface area contributed by atoms with Crippen LogP contribution in [0, 0.1) is 5.92 Å². The molecule has 1 fully saturated rings. The van der Waals surface area contributed by atoms with Gasteiger partial charge in [-0.15, -0.1) is 0 Å². The molecule has 2 aromatic carbocycles. The minimum atomic E-state index is 0.104. The average Bonchev–Trinajstić information content (AvgIpc) is 3.29. The maximum absolute atomic E-state index is 12.9. The normalized spacial score (nSPS) is 25.1. The molecule has 0 aromatic heterocycles. The molecule has 1 aliphatic carbocycles. The first kappa shape index (κ1) is 18.3. The standard InChI is InChI=1S/C24H26N2O3/c1-28-18-8-5-16(6-9-18)23-20-4-2-3-19(20)21-15-17(7-10-22(21)25-23)24(27)26-11-13-29-14-12-26/h2-3,5-10,15,19-20,23,25H,4,11-14H2,1H3. The van der Waals surface area contributed by atoms with Gasteiger partial charge in [0.25, 0.3) is 5.91 Å². The summed E-state index contributed by atoms with van der Waals surface area (Å²) in [6.45, 7) is 2.57. The van der Waals surface area contributed by atoms with Gasteiger partial charge in [0.2, 0.25) is 0 Å². The van der Waals surface area contributed by atoms with Crippen molar-refractivity contribution in [3.8, 4) is 5.75 Å². The van der Waals surface area contributed by atoms with Crippen LogP contribution in [0.1, 0.15) is 39.9 Å². The van der Waals surface area contributed by atoms with Gasteiger partial charge in [0.1, 0.15) is 5.75 Å². The van der Waals surface area contributed by atoms with E-state index >= 15 is 0 Å². The lowest BCUT2D eigenvalue weighted by molar-refractivity contribution is 0.0303. The minimum Gasteiger partial charge on any atom is -0.497 e. The fraction of sp³-hybridized carbons (Fsp3) is 0.375. The zero-order valence-electron chi connectivity index (χ0n) is 16.6. The number of nitrogens with zero attached hydrogens (tertiary/aromatic N) is 1. The number of hydrogen-bond acceptors (Lipinski definition) is 4. The number of ether oxygens (including phenoxy) is 2. The minimum absolute atomic E-state index is 0.104. The number of carbonyl (C=O) groups excluding carboxylic acids is 1. The molecule has 0 saturated carbocycles. The van der Waals surface area contributed by atoms with E-state index in [1.54, 1.807) is 7.11 Å². The zero-order valence-corrected chi connectivity index (χ0v) is 16.6. The number of hydrogen-bond donors (Lipinski definition) is 1. The highest BCUT2D eigenvalue weighted by Gasteiger charge is 2.38. The van der Waals surface area contributed by atoms with E-state index in [2.05, 4.69) is 41.7 Å². The van der Waals surface area contributed by atoms with Crippen molar-refractivity contribution in [2.45, 2.75) is 18.4 Å². The number of rotatable bonds is 3. The Morgan fingerprint density at radius 2 is 1.93 bits per heavy atom. The highest BCUT2D eigenvalue weighted by Crippen LogP contribution is 2.50. The van der Waals surface area contributed by atoms with Crippen LogP contribution in [0.2, 0.25) is 0 Å². The Hall–Kier alpha value is -2.79. The zero-order chi connectivity index (χ0) is 19.8. The van der Waals surface area contributed by atoms with Gasteiger partial charge in [-0.2, -0.15) is 0 Å². The number of nitrogens with one attached hydrogen (secondary N) is 1. The summed E-state index contributed by atoms with van der Waals surface area (Å²) < 4.78 is 10.7. The molecule has 3 aliphatic rings. The molecule has 3 atom stereocenters. The molecule has 1 saturated heterocycles. The highest BCUT2D eigenvalue weighted by atomic mass is 16.5. The second-order valence-electron chi connectivity index (χ2n) is 7.96. The molecule has 2 heterocycles. The molecule has 1 N–H and O–H groups in total. The fourth-order valence-corrected chi connectivity index (χ4v) is 4.82. The monoisotopic (exact) mass is 390 g/mol. The molecule has 2 aromatic rings. The van der Waals surface area contributed by atoms with Crippen LogP contribution in [0.25, 0.3) is 0 Å². The summed E-state index contributed by atoms with van der Waals surface area (Å²) in [5.41, 5.74) is 4.39. The third-order valence-electron chi connectivity index (χ3n) is 6.38. The molecule has 5 nitrogen and oxygen atoms in total. The lowest BCUT2D eigenvalue weighted by Crippen LogP contribution is -2.40. The largest absolute Gasteiger partial charge is 0.497 e. The van der Waals surface area contributed by atoms with Gasteiger partial charge in [-0.3, -0.25) is 4.79 Å². The van der Waals surface area contributed by atoms with E-state index in [1.807, 2.05) is 23.1 Å². The second-order valence-corrected chi connectivity index (χ2v) is 7.96. The van der Waals surface area contributed by atoms with Crippen molar-refractivity contribution < 1.29 is 14.3 Å². The molecule has 5 heteroatoms. The third-order valence-corrected chi connectivity index (χ3v) is 6.38. The van der Waals surface area contributed by atoms with Crippen LogP contribution < -0.4 is 10.1 Å². The number of allylic oxidation sites excluding steroid dienone is 2. The number of methoxy groups -OCH3 is 1. The summed E-state index contributed by atoms with van der Waals surface area (Å²) in [5.74, 6) is 1.75. The predicted molar refractivity (Wildman–Crippen MR) is 113 cm³/mol. The lowest BCUT2D eigenvalue weighted by Gasteiger charge is -2.38. The van der Waals surface area contributed by atoms with Gasteiger partial charge >= 0.3 is 0 Å². The Morgan fingerprint density at radius 1 is 1.14 bits per heavy atom. The summed E-state index contributed by atoms with van der Waals surface area (Å²) in [6.07, 6.45) is 5.62. The maximum atomic E-state index is 12.9. The molecule has 1 amide bonds. The quantitative estimate of drug-likeness (QED) is 0.805. The number of benzene rings is 2. The van der Waals surface area contributed by atoms with Crippen molar-refractivity contribution in [3.63, 3.8) is 0 Å². The van der Waals surface area contributed by atoms with E-state index in [1.165, 1.54) is 11.1 Å². The van der Waals surface area contributed by atoms with E-state index in [-0.39, 0.29) is 11.9 Å². The van der Waals surface area contributed by atoms with Crippen molar-refractivity contribution in [1.82, 2.24) is 4.90 Å². The van der Waals surface area contributed by atoms with Crippen LogP contribution in [-0.2, 0) is 4.74 Å². The van der Waals surface area contributed by atoms with Gasteiger partial charge in [-0.25, -0.2) is 0 Å². The topological polar surface area (TPSA) is 50.8 Å². The number of fused-ring (bicyclic) bond motifs is 3. The molecule has 3 unspecified atom stereocenters. The Labute approximate surface area is 171 Å². The molecular weight excluding hydrogens is 364 g/mol. The predicted octanol–water partition coefficient (Wildman–Crippen LogP) is 3.99. The molecule has 0 bridgehead atoms. The average molecular weight is 390 g/mol. The van der Waals surface area contributed by atoms with Gasteiger partial charge in [-0.05, 0) is 53.8 Å². The van der Waals surface area contributed by atoms with Crippen LogP contribution in [0.3, 0.4) is 0 Å². The van der Waals surface area contributed by atoms with Crippen LogP contribution in [0.4, 0.5) is 5.69 Å². The van der Waals surface area contributed by atoms with Gasteiger partial charge in [0.05, 0.1) is 26.4 Å². The molecule has 5 rings (SSSR count). The Balaban J connectivity index is 1.45. The van der Waals surface area contributed by atoms with Gasteiger partial charge < -0.3 is 19.7 Å². The maximum Gasteiger partial charge on any atom is 0.254 e. The van der Waals surface area contributed by atoms with E-state index in [0.717, 1.165) is 23.4 Å². The van der Waals surface area contributed by atoms with Gasteiger partial charge in [0.15, 0.2) is 0 Å². The van der Waals surface area contributed by atoms with Crippen molar-refractivity contribution in [1.29, 1.82) is 0 Å². The van der Waals surface area contributed by atoms with Crippen molar-refractivity contribution in [2.75, 3.05) is 38.7 Å². The summed E-state index contributed by atoms with van der Waals surface area (Å²) in [6, 6.07) is 14.7. The Morgan fingerprint density at radius 3 is 2.69 bits per heavy atom. The smallest absolute Gasteiger partial charge is 0.254 e. The lowest BCUT2D eigenvalue weighted by atomic mass is 9.76. The summed E-state index contributed by atoms with van der Waals surface area (Å²) >= 11 is 0. The van der Waals surface area contributed by atoms with Crippen molar-refractivity contribution in [2.24, 2.45) is 5.92 Å².